The second kappa shape index (κ2) is 8.98. The molecule has 0 spiro atoms. The van der Waals surface area contributed by atoms with E-state index in [2.05, 4.69) is 38.3 Å². The Morgan fingerprint density at radius 3 is 1.45 bits per heavy atom. The van der Waals surface area contributed by atoms with E-state index in [1.165, 1.54) is 25.7 Å². The van der Waals surface area contributed by atoms with E-state index in [-0.39, 0.29) is 12.1 Å². The summed E-state index contributed by atoms with van der Waals surface area (Å²) in [5.41, 5.74) is 11.7. The maximum Gasteiger partial charge on any atom is 0.0136 e. The SMILES string of the molecule is CC(N)CNC(C)C1CCCCC1C(C)NCC(C)N. The van der Waals surface area contributed by atoms with Crippen molar-refractivity contribution in [3.63, 3.8) is 0 Å². The second-order valence-electron chi connectivity index (χ2n) is 6.96. The first kappa shape index (κ1) is 17.9. The van der Waals surface area contributed by atoms with Gasteiger partial charge in [0.15, 0.2) is 0 Å². The summed E-state index contributed by atoms with van der Waals surface area (Å²) in [5, 5.41) is 7.25. The molecule has 0 aromatic rings. The molecule has 4 nitrogen and oxygen atoms in total. The first-order valence-electron chi connectivity index (χ1n) is 8.39. The third kappa shape index (κ3) is 6.08. The Bertz CT molecular complexity index is 229. The van der Waals surface area contributed by atoms with Gasteiger partial charge < -0.3 is 22.1 Å². The van der Waals surface area contributed by atoms with E-state index in [0.29, 0.717) is 12.1 Å². The van der Waals surface area contributed by atoms with Gasteiger partial charge in [0.25, 0.3) is 0 Å². The van der Waals surface area contributed by atoms with Gasteiger partial charge in [0.2, 0.25) is 0 Å². The summed E-state index contributed by atoms with van der Waals surface area (Å²) in [7, 11) is 0. The summed E-state index contributed by atoms with van der Waals surface area (Å²) < 4.78 is 0. The van der Waals surface area contributed by atoms with Gasteiger partial charge in [-0.2, -0.15) is 0 Å². The number of nitrogens with one attached hydrogen (secondary N) is 2. The molecule has 6 unspecified atom stereocenters. The van der Waals surface area contributed by atoms with Gasteiger partial charge in [0.1, 0.15) is 0 Å². The van der Waals surface area contributed by atoms with Crippen LogP contribution < -0.4 is 22.1 Å². The van der Waals surface area contributed by atoms with Crippen molar-refractivity contribution in [1.29, 1.82) is 0 Å². The largest absolute Gasteiger partial charge is 0.327 e. The van der Waals surface area contributed by atoms with E-state index in [1.807, 2.05) is 0 Å². The zero-order valence-corrected chi connectivity index (χ0v) is 13.9. The highest BCUT2D eigenvalue weighted by atomic mass is 15.0. The molecule has 1 fully saturated rings. The highest BCUT2D eigenvalue weighted by molar-refractivity contribution is 4.88. The lowest BCUT2D eigenvalue weighted by Gasteiger charge is -2.40. The lowest BCUT2D eigenvalue weighted by Crippen LogP contribution is -2.49. The van der Waals surface area contributed by atoms with Crippen LogP contribution in [-0.2, 0) is 0 Å². The van der Waals surface area contributed by atoms with Gasteiger partial charge >= 0.3 is 0 Å². The van der Waals surface area contributed by atoms with Gasteiger partial charge in [-0.1, -0.05) is 12.8 Å². The fourth-order valence-corrected chi connectivity index (χ4v) is 3.48. The van der Waals surface area contributed by atoms with Crippen molar-refractivity contribution in [2.45, 2.75) is 77.5 Å². The Labute approximate surface area is 125 Å². The normalized spacial score (nSPS) is 29.7. The van der Waals surface area contributed by atoms with Gasteiger partial charge in [-0.05, 0) is 52.4 Å². The summed E-state index contributed by atoms with van der Waals surface area (Å²) in [6.45, 7) is 10.6. The maximum atomic E-state index is 5.86. The maximum absolute atomic E-state index is 5.86. The monoisotopic (exact) mass is 284 g/mol. The van der Waals surface area contributed by atoms with Crippen molar-refractivity contribution in [3.8, 4) is 0 Å². The number of hydrogen-bond acceptors (Lipinski definition) is 4. The van der Waals surface area contributed by atoms with Crippen LogP contribution in [0, 0.1) is 11.8 Å². The van der Waals surface area contributed by atoms with Crippen molar-refractivity contribution in [2.24, 2.45) is 23.3 Å². The predicted octanol–water partition coefficient (Wildman–Crippen LogP) is 1.44. The first-order valence-corrected chi connectivity index (χ1v) is 8.39. The molecule has 4 heteroatoms. The zero-order valence-electron chi connectivity index (χ0n) is 13.9. The van der Waals surface area contributed by atoms with E-state index in [0.717, 1.165) is 24.9 Å². The molecule has 0 heterocycles. The van der Waals surface area contributed by atoms with Crippen molar-refractivity contribution in [1.82, 2.24) is 10.6 Å². The molecule has 0 saturated heterocycles. The molecule has 0 aromatic carbocycles. The molecule has 0 aliphatic heterocycles. The van der Waals surface area contributed by atoms with Gasteiger partial charge in [0, 0.05) is 37.3 Å². The van der Waals surface area contributed by atoms with Crippen LogP contribution in [0.2, 0.25) is 0 Å². The summed E-state index contributed by atoms with van der Waals surface area (Å²) in [4.78, 5) is 0. The average Bonchev–Trinajstić information content (AvgIpc) is 2.42. The van der Waals surface area contributed by atoms with Crippen LogP contribution in [0.3, 0.4) is 0 Å². The smallest absolute Gasteiger partial charge is 0.0136 e. The minimum atomic E-state index is 0.230. The van der Waals surface area contributed by atoms with Crippen molar-refractivity contribution >= 4 is 0 Å². The van der Waals surface area contributed by atoms with Crippen LogP contribution in [0.4, 0.5) is 0 Å². The lowest BCUT2D eigenvalue weighted by atomic mass is 9.72. The Hall–Kier alpha value is -0.160. The molecule has 20 heavy (non-hydrogen) atoms. The molecule has 1 aliphatic rings. The van der Waals surface area contributed by atoms with E-state index >= 15 is 0 Å². The fraction of sp³-hybridized carbons (Fsp3) is 1.00. The predicted molar refractivity (Wildman–Crippen MR) is 87.7 cm³/mol. The van der Waals surface area contributed by atoms with Gasteiger partial charge in [0.05, 0.1) is 0 Å². The van der Waals surface area contributed by atoms with Crippen LogP contribution in [0.15, 0.2) is 0 Å². The minimum absolute atomic E-state index is 0.230. The number of rotatable bonds is 8. The molecule has 6 N–H and O–H groups in total. The molecule has 0 radical (unpaired) electrons. The molecule has 1 aliphatic carbocycles. The van der Waals surface area contributed by atoms with Crippen molar-refractivity contribution < 1.29 is 0 Å². The van der Waals surface area contributed by atoms with Crippen molar-refractivity contribution in [3.05, 3.63) is 0 Å². The van der Waals surface area contributed by atoms with Gasteiger partial charge in [-0.15, -0.1) is 0 Å². The third-order valence-corrected chi connectivity index (χ3v) is 4.68. The lowest BCUT2D eigenvalue weighted by molar-refractivity contribution is 0.150. The molecule has 0 bridgehead atoms. The number of nitrogens with two attached hydrogens (primary N) is 2. The second-order valence-corrected chi connectivity index (χ2v) is 6.96. The zero-order chi connectivity index (χ0) is 15.1. The van der Waals surface area contributed by atoms with Crippen LogP contribution >= 0.6 is 0 Å². The fourth-order valence-electron chi connectivity index (χ4n) is 3.48. The molecule has 6 atom stereocenters. The quantitative estimate of drug-likeness (QED) is 0.544. The summed E-state index contributed by atoms with van der Waals surface area (Å²) in [6.07, 6.45) is 5.40. The molecule has 1 rings (SSSR count). The van der Waals surface area contributed by atoms with Crippen LogP contribution in [-0.4, -0.2) is 37.3 Å². The molecule has 0 amide bonds. The summed E-state index contributed by atoms with van der Waals surface area (Å²) in [5.74, 6) is 1.50. The first-order chi connectivity index (χ1) is 9.41. The third-order valence-electron chi connectivity index (χ3n) is 4.68. The van der Waals surface area contributed by atoms with Gasteiger partial charge in [-0.25, -0.2) is 0 Å². The number of hydrogen-bond donors (Lipinski definition) is 4. The Morgan fingerprint density at radius 1 is 0.800 bits per heavy atom. The van der Waals surface area contributed by atoms with Crippen LogP contribution in [0.5, 0.6) is 0 Å². The van der Waals surface area contributed by atoms with Crippen molar-refractivity contribution in [2.75, 3.05) is 13.1 Å². The summed E-state index contributed by atoms with van der Waals surface area (Å²) in [6, 6.07) is 1.55. The molecular weight excluding hydrogens is 248 g/mol. The van der Waals surface area contributed by atoms with E-state index in [1.54, 1.807) is 0 Å². The highest BCUT2D eigenvalue weighted by Crippen LogP contribution is 2.34. The van der Waals surface area contributed by atoms with Gasteiger partial charge in [-0.3, -0.25) is 0 Å². The Morgan fingerprint density at radius 2 is 1.15 bits per heavy atom. The standard InChI is InChI=1S/C16H36N4/c1-11(17)9-19-13(3)15-7-5-6-8-16(15)14(4)20-10-12(2)18/h11-16,19-20H,5-10,17-18H2,1-4H3. The van der Waals surface area contributed by atoms with Crippen LogP contribution in [0.1, 0.15) is 53.4 Å². The van der Waals surface area contributed by atoms with E-state index < -0.39 is 0 Å². The highest BCUT2D eigenvalue weighted by Gasteiger charge is 2.32. The topological polar surface area (TPSA) is 76.1 Å². The van der Waals surface area contributed by atoms with E-state index in [9.17, 15) is 0 Å². The summed E-state index contributed by atoms with van der Waals surface area (Å²) >= 11 is 0. The molecular formula is C16H36N4. The Balaban J connectivity index is 2.51. The van der Waals surface area contributed by atoms with E-state index in [4.69, 9.17) is 11.5 Å². The van der Waals surface area contributed by atoms with Crippen LogP contribution in [0.25, 0.3) is 0 Å². The molecule has 120 valence electrons. The Kier molecular flexibility index (Phi) is 8.03. The average molecular weight is 284 g/mol. The molecule has 0 aromatic heterocycles. The minimum Gasteiger partial charge on any atom is -0.327 e. The molecule has 1 saturated carbocycles.